The van der Waals surface area contributed by atoms with Crippen LogP contribution in [0.25, 0.3) is 0 Å². The summed E-state index contributed by atoms with van der Waals surface area (Å²) in [5, 5.41) is 4.17. The number of anilines is 2. The summed E-state index contributed by atoms with van der Waals surface area (Å²) in [6.45, 7) is 7.57. The number of unbranched alkanes of at least 4 members (excludes halogenated alkanes) is 1. The van der Waals surface area contributed by atoms with Crippen LogP contribution in [0.15, 0.2) is 36.4 Å². The van der Waals surface area contributed by atoms with Crippen LogP contribution in [0.5, 0.6) is 5.75 Å². The van der Waals surface area contributed by atoms with Gasteiger partial charge in [0, 0.05) is 51.0 Å². The number of piperazine rings is 1. The number of benzene rings is 2. The van der Waals surface area contributed by atoms with Crippen molar-refractivity contribution in [1.29, 1.82) is 0 Å². The van der Waals surface area contributed by atoms with Gasteiger partial charge in [-0.1, -0.05) is 35.3 Å². The predicted molar refractivity (Wildman–Crippen MR) is 156 cm³/mol. The first-order valence-electron chi connectivity index (χ1n) is 14.0. The maximum Gasteiger partial charge on any atom is 0.409 e. The Morgan fingerprint density at radius 2 is 1.82 bits per heavy atom. The quantitative estimate of drug-likeness (QED) is 0.429. The van der Waals surface area contributed by atoms with E-state index in [0.29, 0.717) is 49.4 Å². The molecule has 2 aromatic rings. The average Bonchev–Trinajstić information content (AvgIpc) is 2.98. The Hall–Kier alpha value is -2.72. The van der Waals surface area contributed by atoms with Gasteiger partial charge >= 0.3 is 6.09 Å². The maximum atomic E-state index is 12.6. The minimum atomic E-state index is -0.409. The molecule has 11 heteroatoms. The van der Waals surface area contributed by atoms with Crippen LogP contribution in [0.4, 0.5) is 16.2 Å². The Labute approximate surface area is 245 Å². The fraction of sp³-hybridized carbons (Fsp3) is 0.517. The smallest absolute Gasteiger partial charge is 0.409 e. The molecule has 1 atom stereocenters. The molecule has 0 saturated carbocycles. The molecule has 2 aromatic carbocycles. The number of amides is 2. The van der Waals surface area contributed by atoms with E-state index in [1.807, 2.05) is 36.4 Å². The Morgan fingerprint density at radius 1 is 1.02 bits per heavy atom. The summed E-state index contributed by atoms with van der Waals surface area (Å²) < 4.78 is 16.7. The van der Waals surface area contributed by atoms with Gasteiger partial charge in [0.05, 0.1) is 41.5 Å². The van der Waals surface area contributed by atoms with Crippen LogP contribution in [-0.4, -0.2) is 94.0 Å². The topological polar surface area (TPSA) is 83.6 Å². The predicted octanol–water partition coefficient (Wildman–Crippen LogP) is 4.55. The van der Waals surface area contributed by atoms with E-state index < -0.39 is 12.0 Å². The van der Waals surface area contributed by atoms with E-state index in [1.54, 1.807) is 4.90 Å². The molecule has 40 heavy (non-hydrogen) atoms. The minimum Gasteiger partial charge on any atom is -0.494 e. The zero-order valence-corrected chi connectivity index (χ0v) is 24.1. The Morgan fingerprint density at radius 3 is 2.62 bits per heavy atom. The van der Waals surface area contributed by atoms with E-state index in [4.69, 9.17) is 37.4 Å². The molecule has 5 rings (SSSR count). The molecule has 3 aliphatic rings. The van der Waals surface area contributed by atoms with Crippen molar-refractivity contribution in [3.05, 3.63) is 52.0 Å². The monoisotopic (exact) mass is 590 g/mol. The number of carbonyl (C=O) groups excluding carboxylic acids is 2. The second-order valence-corrected chi connectivity index (χ2v) is 11.1. The van der Waals surface area contributed by atoms with Gasteiger partial charge in [0.1, 0.15) is 12.4 Å². The van der Waals surface area contributed by atoms with Crippen molar-refractivity contribution in [3.63, 3.8) is 0 Å². The largest absolute Gasteiger partial charge is 0.494 e. The first-order valence-corrected chi connectivity index (χ1v) is 14.7. The van der Waals surface area contributed by atoms with E-state index in [1.165, 1.54) is 0 Å². The SMILES string of the molecule is O=C1Nc2cc(OCCCCN3CCN(c4cccc(Cl)c4Cl)CC3)ccc2CC1COC(=O)N1CCOCC1. The zero-order valence-electron chi connectivity index (χ0n) is 22.6. The van der Waals surface area contributed by atoms with E-state index in [2.05, 4.69) is 15.1 Å². The lowest BCUT2D eigenvalue weighted by atomic mass is 9.94. The van der Waals surface area contributed by atoms with Crippen LogP contribution in [0.3, 0.4) is 0 Å². The highest BCUT2D eigenvalue weighted by Gasteiger charge is 2.29. The molecular weight excluding hydrogens is 555 g/mol. The second-order valence-electron chi connectivity index (χ2n) is 10.3. The molecule has 216 valence electrons. The van der Waals surface area contributed by atoms with E-state index >= 15 is 0 Å². The molecule has 3 aliphatic heterocycles. The second kappa shape index (κ2) is 13.8. The number of nitrogens with zero attached hydrogens (tertiary/aromatic N) is 3. The van der Waals surface area contributed by atoms with Crippen molar-refractivity contribution >= 4 is 46.6 Å². The van der Waals surface area contributed by atoms with Gasteiger partial charge in [-0.05, 0) is 49.6 Å². The number of ether oxygens (including phenoxy) is 3. The van der Waals surface area contributed by atoms with Gasteiger partial charge < -0.3 is 29.3 Å². The molecule has 2 amide bonds. The summed E-state index contributed by atoms with van der Waals surface area (Å²) in [5.74, 6) is 0.189. The first kappa shape index (κ1) is 28.8. The summed E-state index contributed by atoms with van der Waals surface area (Å²) in [6, 6.07) is 11.6. The van der Waals surface area contributed by atoms with E-state index in [0.717, 1.165) is 68.3 Å². The van der Waals surface area contributed by atoms with Crippen molar-refractivity contribution in [2.75, 3.05) is 82.5 Å². The average molecular weight is 592 g/mol. The molecule has 0 aliphatic carbocycles. The van der Waals surface area contributed by atoms with Gasteiger partial charge in [0.15, 0.2) is 0 Å². The minimum absolute atomic E-state index is 0.0586. The third-order valence-corrected chi connectivity index (χ3v) is 8.44. The van der Waals surface area contributed by atoms with Crippen molar-refractivity contribution < 1.29 is 23.8 Å². The Bertz CT molecular complexity index is 1190. The van der Waals surface area contributed by atoms with Gasteiger partial charge in [-0.3, -0.25) is 9.69 Å². The number of halogens is 2. The van der Waals surface area contributed by atoms with Gasteiger partial charge in [-0.15, -0.1) is 0 Å². The number of hydrogen-bond donors (Lipinski definition) is 1. The highest BCUT2D eigenvalue weighted by atomic mass is 35.5. The standard InChI is InChI=1S/C29H36Cl2N4O5/c30-24-4-3-5-26(27(24)31)34-11-9-33(10-12-34)8-1-2-15-39-23-7-6-21-18-22(28(36)32-25(21)19-23)20-40-29(37)35-13-16-38-17-14-35/h3-7,19,22H,1-2,8-18,20H2,(H,32,36). The Kier molecular flexibility index (Phi) is 9.91. The van der Waals surface area contributed by atoms with Crippen LogP contribution in [0, 0.1) is 5.92 Å². The summed E-state index contributed by atoms with van der Waals surface area (Å²) >= 11 is 12.6. The van der Waals surface area contributed by atoms with Crippen LogP contribution < -0.4 is 15.0 Å². The lowest BCUT2D eigenvalue weighted by Gasteiger charge is -2.36. The maximum absolute atomic E-state index is 12.6. The molecule has 9 nitrogen and oxygen atoms in total. The molecular formula is C29H36Cl2N4O5. The van der Waals surface area contributed by atoms with Crippen LogP contribution in [-0.2, 0) is 20.7 Å². The molecule has 2 saturated heterocycles. The number of hydrogen-bond acceptors (Lipinski definition) is 7. The lowest BCUT2D eigenvalue weighted by Crippen LogP contribution is -2.46. The molecule has 1 unspecified atom stereocenters. The van der Waals surface area contributed by atoms with Crippen LogP contribution in [0.2, 0.25) is 10.0 Å². The van der Waals surface area contributed by atoms with E-state index in [9.17, 15) is 9.59 Å². The summed E-state index contributed by atoms with van der Waals surface area (Å²) in [5.41, 5.74) is 2.78. The fourth-order valence-electron chi connectivity index (χ4n) is 5.25. The molecule has 0 aromatic heterocycles. The number of fused-ring (bicyclic) bond motifs is 1. The fourth-order valence-corrected chi connectivity index (χ4v) is 5.67. The summed E-state index contributed by atoms with van der Waals surface area (Å²) in [7, 11) is 0. The molecule has 0 spiro atoms. The van der Waals surface area contributed by atoms with Gasteiger partial charge in [-0.25, -0.2) is 4.79 Å². The van der Waals surface area contributed by atoms with Crippen molar-refractivity contribution in [2.24, 2.45) is 5.92 Å². The van der Waals surface area contributed by atoms with Crippen molar-refractivity contribution in [3.8, 4) is 5.75 Å². The number of carbonyl (C=O) groups is 2. The summed E-state index contributed by atoms with van der Waals surface area (Å²) in [4.78, 5) is 31.3. The number of nitrogens with one attached hydrogen (secondary N) is 1. The molecule has 0 bridgehead atoms. The molecule has 1 N–H and O–H groups in total. The normalized spacial score (nSPS) is 19.6. The summed E-state index contributed by atoms with van der Waals surface area (Å²) in [6.07, 6.45) is 2.12. The third kappa shape index (κ3) is 7.32. The highest BCUT2D eigenvalue weighted by Crippen LogP contribution is 2.33. The van der Waals surface area contributed by atoms with Gasteiger partial charge in [0.2, 0.25) is 5.91 Å². The van der Waals surface area contributed by atoms with Crippen molar-refractivity contribution in [2.45, 2.75) is 19.3 Å². The lowest BCUT2D eigenvalue weighted by molar-refractivity contribution is -0.121. The molecule has 3 heterocycles. The number of rotatable bonds is 9. The highest BCUT2D eigenvalue weighted by molar-refractivity contribution is 6.43. The third-order valence-electron chi connectivity index (χ3n) is 7.64. The van der Waals surface area contributed by atoms with Crippen LogP contribution >= 0.6 is 23.2 Å². The number of morpholine rings is 1. The first-order chi connectivity index (χ1) is 19.5. The van der Waals surface area contributed by atoms with Crippen molar-refractivity contribution in [1.82, 2.24) is 9.80 Å². The van der Waals surface area contributed by atoms with Gasteiger partial charge in [0.25, 0.3) is 0 Å². The molecule has 0 radical (unpaired) electrons. The van der Waals surface area contributed by atoms with Crippen LogP contribution in [0.1, 0.15) is 18.4 Å². The van der Waals surface area contributed by atoms with E-state index in [-0.39, 0.29) is 12.5 Å². The zero-order chi connectivity index (χ0) is 27.9. The Balaban J connectivity index is 0.996. The van der Waals surface area contributed by atoms with Gasteiger partial charge in [-0.2, -0.15) is 0 Å². The molecule has 2 fully saturated rings.